The minimum atomic E-state index is 0.479. The normalized spacial score (nSPS) is 14.9. The van der Waals surface area contributed by atoms with Crippen molar-refractivity contribution < 1.29 is 0 Å². The summed E-state index contributed by atoms with van der Waals surface area (Å²) in [5.74, 6) is 1.40. The molecule has 7 heteroatoms. The molecule has 0 amide bonds. The van der Waals surface area contributed by atoms with Crippen LogP contribution in [0.2, 0.25) is 0 Å². The molecule has 1 saturated carbocycles. The van der Waals surface area contributed by atoms with Crippen molar-refractivity contribution >= 4 is 34.3 Å². The van der Waals surface area contributed by atoms with Crippen LogP contribution in [-0.4, -0.2) is 40.2 Å². The molecule has 4 rings (SSSR count). The summed E-state index contributed by atoms with van der Waals surface area (Å²) in [5.41, 5.74) is 3.88. The number of nitrogens with zero attached hydrogens (tertiary/aromatic N) is 5. The lowest BCUT2D eigenvalue weighted by Gasteiger charge is -2.23. The van der Waals surface area contributed by atoms with E-state index in [0.29, 0.717) is 12.0 Å². The second-order valence-corrected chi connectivity index (χ2v) is 8.01. The molecule has 0 saturated heterocycles. The van der Waals surface area contributed by atoms with Crippen LogP contribution >= 0.6 is 0 Å². The van der Waals surface area contributed by atoms with Crippen molar-refractivity contribution in [2.45, 2.75) is 51.5 Å². The number of aromatic nitrogens is 4. The van der Waals surface area contributed by atoms with Gasteiger partial charge in [0.25, 0.3) is 0 Å². The third-order valence-corrected chi connectivity index (χ3v) is 5.55. The van der Waals surface area contributed by atoms with E-state index in [2.05, 4.69) is 44.1 Å². The summed E-state index contributed by atoms with van der Waals surface area (Å²) in [6, 6.07) is 8.75. The molecule has 29 heavy (non-hydrogen) atoms. The molecule has 1 fully saturated rings. The van der Waals surface area contributed by atoms with Gasteiger partial charge in [0.15, 0.2) is 17.0 Å². The van der Waals surface area contributed by atoms with E-state index in [1.165, 1.54) is 32.1 Å². The van der Waals surface area contributed by atoms with E-state index in [0.717, 1.165) is 41.3 Å². The third-order valence-electron chi connectivity index (χ3n) is 5.55. The van der Waals surface area contributed by atoms with Gasteiger partial charge in [0.05, 0.1) is 6.33 Å². The number of anilines is 4. The Labute approximate surface area is 172 Å². The average Bonchev–Trinajstić information content (AvgIpc) is 3.17. The van der Waals surface area contributed by atoms with Crippen molar-refractivity contribution in [3.05, 3.63) is 30.6 Å². The van der Waals surface area contributed by atoms with E-state index in [9.17, 15) is 0 Å². The van der Waals surface area contributed by atoms with E-state index in [1.807, 2.05) is 32.6 Å². The number of imidazole rings is 1. The van der Waals surface area contributed by atoms with Crippen LogP contribution in [0.25, 0.3) is 11.2 Å². The van der Waals surface area contributed by atoms with E-state index < -0.39 is 0 Å². The molecule has 2 N–H and O–H groups in total. The van der Waals surface area contributed by atoms with Gasteiger partial charge in [-0.3, -0.25) is 0 Å². The number of nitrogens with one attached hydrogen (secondary N) is 2. The Balaban J connectivity index is 1.71. The Hall–Kier alpha value is -2.83. The topological polar surface area (TPSA) is 70.9 Å². The van der Waals surface area contributed by atoms with Crippen molar-refractivity contribution in [2.24, 2.45) is 0 Å². The van der Waals surface area contributed by atoms with Crippen LogP contribution in [0.1, 0.15) is 51.5 Å². The molecule has 2 aromatic heterocycles. The summed E-state index contributed by atoms with van der Waals surface area (Å²) in [4.78, 5) is 16.4. The Morgan fingerprint density at radius 2 is 1.97 bits per heavy atom. The zero-order valence-electron chi connectivity index (χ0n) is 17.6. The van der Waals surface area contributed by atoms with E-state index in [4.69, 9.17) is 9.97 Å². The Morgan fingerprint density at radius 1 is 1.14 bits per heavy atom. The molecule has 2 heterocycles. The first-order chi connectivity index (χ1) is 14.2. The van der Waals surface area contributed by atoms with Crippen LogP contribution in [0.15, 0.2) is 30.6 Å². The van der Waals surface area contributed by atoms with Crippen LogP contribution in [0, 0.1) is 0 Å². The van der Waals surface area contributed by atoms with Crippen LogP contribution in [-0.2, 0) is 0 Å². The molecule has 0 bridgehead atoms. The van der Waals surface area contributed by atoms with Gasteiger partial charge in [-0.05, 0) is 37.5 Å². The average molecular weight is 394 g/mol. The second kappa shape index (κ2) is 8.68. The van der Waals surface area contributed by atoms with Crippen molar-refractivity contribution in [1.29, 1.82) is 0 Å². The highest BCUT2D eigenvalue weighted by atomic mass is 15.2. The van der Waals surface area contributed by atoms with E-state index in [1.54, 1.807) is 0 Å². The van der Waals surface area contributed by atoms with Gasteiger partial charge in [0.2, 0.25) is 5.95 Å². The summed E-state index contributed by atoms with van der Waals surface area (Å²) in [5, 5.41) is 6.83. The highest BCUT2D eigenvalue weighted by molar-refractivity contribution is 5.85. The monoisotopic (exact) mass is 393 g/mol. The van der Waals surface area contributed by atoms with Gasteiger partial charge < -0.3 is 20.1 Å². The zero-order valence-corrected chi connectivity index (χ0v) is 17.6. The highest BCUT2D eigenvalue weighted by Gasteiger charge is 2.20. The molecule has 0 radical (unpaired) electrons. The molecular weight excluding hydrogens is 362 g/mol. The number of fused-ring (bicyclic) bond motifs is 1. The smallest absolute Gasteiger partial charge is 0.231 e. The maximum absolute atomic E-state index is 4.87. The van der Waals surface area contributed by atoms with Gasteiger partial charge >= 0.3 is 0 Å². The Bertz CT molecular complexity index is 957. The number of rotatable bonds is 7. The van der Waals surface area contributed by atoms with Gasteiger partial charge in [0.1, 0.15) is 0 Å². The Morgan fingerprint density at radius 3 is 2.72 bits per heavy atom. The lowest BCUT2D eigenvalue weighted by atomic mass is 9.95. The standard InChI is InChI=1S/C22H31N7/c1-4-13-23-20-19-21(29(15-24-19)17-10-6-5-7-11-17)27-22(26-20)25-16-9-8-12-18(14-16)28(2)3/h8-9,12,14-15,17H,4-7,10-11,13H2,1-3H3,(H2,23,25,26,27). The second-order valence-electron chi connectivity index (χ2n) is 8.01. The van der Waals surface area contributed by atoms with Gasteiger partial charge in [-0.1, -0.05) is 32.3 Å². The van der Waals surface area contributed by atoms with Crippen molar-refractivity contribution in [2.75, 3.05) is 36.2 Å². The van der Waals surface area contributed by atoms with Crippen LogP contribution in [0.4, 0.5) is 23.1 Å². The van der Waals surface area contributed by atoms with Crippen LogP contribution in [0.3, 0.4) is 0 Å². The van der Waals surface area contributed by atoms with Gasteiger partial charge in [-0.15, -0.1) is 0 Å². The molecule has 3 aromatic rings. The first-order valence-electron chi connectivity index (χ1n) is 10.7. The van der Waals surface area contributed by atoms with Crippen molar-refractivity contribution in [1.82, 2.24) is 19.5 Å². The fraction of sp³-hybridized carbons (Fsp3) is 0.500. The molecule has 154 valence electrons. The molecule has 1 aliphatic carbocycles. The van der Waals surface area contributed by atoms with Gasteiger partial charge in [0, 0.05) is 38.1 Å². The summed E-state index contributed by atoms with van der Waals surface area (Å²) < 4.78 is 2.26. The lowest BCUT2D eigenvalue weighted by Crippen LogP contribution is -2.13. The first kappa shape index (κ1) is 19.5. The molecular formula is C22H31N7. The van der Waals surface area contributed by atoms with E-state index in [-0.39, 0.29) is 0 Å². The Kier molecular flexibility index (Phi) is 5.83. The molecule has 0 aliphatic heterocycles. The predicted molar refractivity (Wildman–Crippen MR) is 120 cm³/mol. The van der Waals surface area contributed by atoms with E-state index >= 15 is 0 Å². The summed E-state index contributed by atoms with van der Waals surface area (Å²) in [6.45, 7) is 3.01. The first-order valence-corrected chi connectivity index (χ1v) is 10.7. The summed E-state index contributed by atoms with van der Waals surface area (Å²) in [6.07, 6.45) is 9.25. The molecule has 1 aliphatic rings. The van der Waals surface area contributed by atoms with Crippen molar-refractivity contribution in [3.8, 4) is 0 Å². The maximum Gasteiger partial charge on any atom is 0.231 e. The SMILES string of the molecule is CCCNc1nc(Nc2cccc(N(C)C)c2)nc2c1ncn2C1CCCCC1. The predicted octanol–water partition coefficient (Wildman–Crippen LogP) is 4.96. The number of hydrogen-bond acceptors (Lipinski definition) is 6. The quantitative estimate of drug-likeness (QED) is 0.591. The van der Waals surface area contributed by atoms with Crippen LogP contribution in [0.5, 0.6) is 0 Å². The highest BCUT2D eigenvalue weighted by Crippen LogP contribution is 2.32. The maximum atomic E-state index is 4.87. The fourth-order valence-electron chi connectivity index (χ4n) is 3.96. The number of hydrogen-bond donors (Lipinski definition) is 2. The molecule has 0 spiro atoms. The minimum absolute atomic E-state index is 0.479. The number of benzene rings is 1. The lowest BCUT2D eigenvalue weighted by molar-refractivity contribution is 0.358. The molecule has 7 nitrogen and oxygen atoms in total. The fourth-order valence-corrected chi connectivity index (χ4v) is 3.96. The molecule has 1 aromatic carbocycles. The summed E-state index contributed by atoms with van der Waals surface area (Å²) in [7, 11) is 4.08. The third kappa shape index (κ3) is 4.28. The van der Waals surface area contributed by atoms with Crippen LogP contribution < -0.4 is 15.5 Å². The molecule has 0 atom stereocenters. The minimum Gasteiger partial charge on any atom is -0.378 e. The largest absolute Gasteiger partial charge is 0.378 e. The van der Waals surface area contributed by atoms with Crippen molar-refractivity contribution in [3.63, 3.8) is 0 Å². The zero-order chi connectivity index (χ0) is 20.2. The van der Waals surface area contributed by atoms with Gasteiger partial charge in [-0.25, -0.2) is 4.98 Å². The van der Waals surface area contributed by atoms with Gasteiger partial charge in [-0.2, -0.15) is 9.97 Å². The summed E-state index contributed by atoms with van der Waals surface area (Å²) >= 11 is 0. The molecule has 0 unspecified atom stereocenters.